The molecule has 0 aliphatic heterocycles. The number of halogens is 2. The Morgan fingerprint density at radius 2 is 1.52 bits per heavy atom. The SMILES string of the molecule is CCc1ccc(-n2c(SCc3ccc(F)cc3)nnc2-c2ccc(Cl)cc2)cc1. The van der Waals surface area contributed by atoms with Crippen molar-refractivity contribution >= 4 is 23.4 Å². The fraction of sp³-hybridized carbons (Fsp3) is 0.130. The molecule has 1 aromatic heterocycles. The minimum atomic E-state index is -0.233. The van der Waals surface area contributed by atoms with E-state index in [1.807, 2.05) is 24.3 Å². The molecule has 146 valence electrons. The average molecular weight is 424 g/mol. The maximum Gasteiger partial charge on any atom is 0.196 e. The van der Waals surface area contributed by atoms with Crippen LogP contribution in [-0.2, 0) is 12.2 Å². The number of nitrogens with zero attached hydrogens (tertiary/aromatic N) is 3. The number of aromatic nitrogens is 3. The highest BCUT2D eigenvalue weighted by molar-refractivity contribution is 7.98. The third-order valence-corrected chi connectivity index (χ3v) is 5.87. The predicted molar refractivity (Wildman–Crippen MR) is 117 cm³/mol. The van der Waals surface area contributed by atoms with Crippen molar-refractivity contribution in [1.82, 2.24) is 14.8 Å². The maximum absolute atomic E-state index is 13.2. The van der Waals surface area contributed by atoms with Crippen molar-refractivity contribution in [3.05, 3.63) is 94.8 Å². The van der Waals surface area contributed by atoms with Gasteiger partial charge in [-0.15, -0.1) is 10.2 Å². The lowest BCUT2D eigenvalue weighted by molar-refractivity contribution is 0.627. The van der Waals surface area contributed by atoms with E-state index in [0.29, 0.717) is 10.8 Å². The van der Waals surface area contributed by atoms with Gasteiger partial charge in [-0.05, 0) is 66.1 Å². The number of hydrogen-bond donors (Lipinski definition) is 0. The second-order valence-corrected chi connectivity index (χ2v) is 7.96. The van der Waals surface area contributed by atoms with Crippen LogP contribution in [0.1, 0.15) is 18.1 Å². The molecule has 0 aliphatic carbocycles. The van der Waals surface area contributed by atoms with E-state index in [1.165, 1.54) is 17.7 Å². The molecule has 29 heavy (non-hydrogen) atoms. The van der Waals surface area contributed by atoms with Gasteiger partial charge in [-0.25, -0.2) is 4.39 Å². The minimum Gasteiger partial charge on any atom is -0.270 e. The first-order valence-electron chi connectivity index (χ1n) is 9.32. The summed E-state index contributed by atoms with van der Waals surface area (Å²) in [6.45, 7) is 2.14. The van der Waals surface area contributed by atoms with Crippen LogP contribution in [0.25, 0.3) is 17.1 Å². The molecule has 3 nitrogen and oxygen atoms in total. The standard InChI is InChI=1S/C23H19ClFN3S/c1-2-16-5-13-21(14-6-16)28-22(18-7-9-19(24)10-8-18)26-27-23(28)29-15-17-3-11-20(25)12-4-17/h3-14H,2,15H2,1H3. The first-order valence-corrected chi connectivity index (χ1v) is 10.7. The zero-order valence-corrected chi connectivity index (χ0v) is 17.4. The minimum absolute atomic E-state index is 0.233. The molecule has 0 saturated heterocycles. The highest BCUT2D eigenvalue weighted by atomic mass is 35.5. The Kier molecular flexibility index (Phi) is 5.97. The molecule has 0 aliphatic rings. The van der Waals surface area contributed by atoms with Gasteiger partial charge >= 0.3 is 0 Å². The van der Waals surface area contributed by atoms with Crippen molar-refractivity contribution < 1.29 is 4.39 Å². The molecule has 0 fully saturated rings. The van der Waals surface area contributed by atoms with Crippen LogP contribution in [-0.4, -0.2) is 14.8 Å². The monoisotopic (exact) mass is 423 g/mol. The maximum atomic E-state index is 13.2. The van der Waals surface area contributed by atoms with E-state index in [-0.39, 0.29) is 5.82 Å². The number of aryl methyl sites for hydroxylation is 1. The van der Waals surface area contributed by atoms with Crippen LogP contribution >= 0.6 is 23.4 Å². The van der Waals surface area contributed by atoms with Crippen LogP contribution in [0.15, 0.2) is 78.0 Å². The van der Waals surface area contributed by atoms with Crippen LogP contribution < -0.4 is 0 Å². The summed E-state index contributed by atoms with van der Waals surface area (Å²) < 4.78 is 15.2. The lowest BCUT2D eigenvalue weighted by Gasteiger charge is -2.11. The average Bonchev–Trinajstić information content (AvgIpc) is 3.18. The van der Waals surface area contributed by atoms with Gasteiger partial charge in [0.05, 0.1) is 0 Å². The molecule has 0 atom stereocenters. The van der Waals surface area contributed by atoms with Gasteiger partial charge in [0.25, 0.3) is 0 Å². The van der Waals surface area contributed by atoms with E-state index < -0.39 is 0 Å². The molecule has 0 bridgehead atoms. The lowest BCUT2D eigenvalue weighted by Crippen LogP contribution is -2.00. The molecular formula is C23H19ClFN3S. The first kappa shape index (κ1) is 19.7. The summed E-state index contributed by atoms with van der Waals surface area (Å²) in [5, 5.41) is 10.3. The van der Waals surface area contributed by atoms with E-state index in [0.717, 1.165) is 34.2 Å². The molecule has 6 heteroatoms. The van der Waals surface area contributed by atoms with Gasteiger partial charge in [-0.3, -0.25) is 4.57 Å². The lowest BCUT2D eigenvalue weighted by atomic mass is 10.1. The Bertz CT molecular complexity index is 1090. The Balaban J connectivity index is 1.71. The van der Waals surface area contributed by atoms with E-state index in [2.05, 4.69) is 46.0 Å². The van der Waals surface area contributed by atoms with Gasteiger partial charge < -0.3 is 0 Å². The molecule has 0 N–H and O–H groups in total. The van der Waals surface area contributed by atoms with Gasteiger partial charge in [0.15, 0.2) is 11.0 Å². The molecule has 4 rings (SSSR count). The summed E-state index contributed by atoms with van der Waals surface area (Å²) >= 11 is 7.62. The molecule has 1 heterocycles. The summed E-state index contributed by atoms with van der Waals surface area (Å²) in [5.74, 6) is 1.20. The Hall–Kier alpha value is -2.63. The van der Waals surface area contributed by atoms with Gasteiger partial charge in [-0.1, -0.05) is 54.6 Å². The molecule has 3 aromatic carbocycles. The molecule has 0 amide bonds. The molecule has 0 saturated carbocycles. The number of hydrogen-bond acceptors (Lipinski definition) is 3. The van der Waals surface area contributed by atoms with Gasteiger partial charge in [-0.2, -0.15) is 0 Å². The molecule has 0 unspecified atom stereocenters. The second kappa shape index (κ2) is 8.80. The summed E-state index contributed by atoms with van der Waals surface area (Å²) in [5.41, 5.74) is 4.24. The summed E-state index contributed by atoms with van der Waals surface area (Å²) in [6, 6.07) is 22.5. The van der Waals surface area contributed by atoms with E-state index in [4.69, 9.17) is 11.6 Å². The Labute approximate surface area is 178 Å². The molecule has 0 radical (unpaired) electrons. The van der Waals surface area contributed by atoms with Gasteiger partial charge in [0.2, 0.25) is 0 Å². The van der Waals surface area contributed by atoms with Crippen molar-refractivity contribution in [1.29, 1.82) is 0 Å². The van der Waals surface area contributed by atoms with Crippen molar-refractivity contribution in [2.24, 2.45) is 0 Å². The molecule has 4 aromatic rings. The second-order valence-electron chi connectivity index (χ2n) is 6.58. The predicted octanol–water partition coefficient (Wildman–Crippen LogP) is 6.58. The highest BCUT2D eigenvalue weighted by Crippen LogP contribution is 2.30. The summed E-state index contributed by atoms with van der Waals surface area (Å²) in [7, 11) is 0. The summed E-state index contributed by atoms with van der Waals surface area (Å²) in [6.07, 6.45) is 0.985. The van der Waals surface area contributed by atoms with Gasteiger partial charge in [0, 0.05) is 22.0 Å². The zero-order chi connectivity index (χ0) is 20.2. The quantitative estimate of drug-likeness (QED) is 0.328. The third-order valence-electron chi connectivity index (χ3n) is 4.62. The van der Waals surface area contributed by atoms with Crippen molar-refractivity contribution in [3.8, 4) is 17.1 Å². The van der Waals surface area contributed by atoms with Crippen LogP contribution in [0.2, 0.25) is 5.02 Å². The topological polar surface area (TPSA) is 30.7 Å². The highest BCUT2D eigenvalue weighted by Gasteiger charge is 2.16. The van der Waals surface area contributed by atoms with Crippen molar-refractivity contribution in [2.45, 2.75) is 24.3 Å². The first-order chi connectivity index (χ1) is 14.1. The van der Waals surface area contributed by atoms with E-state index in [1.54, 1.807) is 23.9 Å². The van der Waals surface area contributed by atoms with E-state index in [9.17, 15) is 4.39 Å². The zero-order valence-electron chi connectivity index (χ0n) is 15.8. The van der Waals surface area contributed by atoms with Crippen LogP contribution in [0, 0.1) is 5.82 Å². The number of rotatable bonds is 6. The fourth-order valence-electron chi connectivity index (χ4n) is 2.99. The van der Waals surface area contributed by atoms with Crippen molar-refractivity contribution in [3.63, 3.8) is 0 Å². The Morgan fingerprint density at radius 3 is 2.17 bits per heavy atom. The van der Waals surface area contributed by atoms with Crippen LogP contribution in [0.4, 0.5) is 4.39 Å². The van der Waals surface area contributed by atoms with Crippen molar-refractivity contribution in [2.75, 3.05) is 0 Å². The van der Waals surface area contributed by atoms with Crippen LogP contribution in [0.5, 0.6) is 0 Å². The number of thioether (sulfide) groups is 1. The largest absolute Gasteiger partial charge is 0.270 e. The fourth-order valence-corrected chi connectivity index (χ4v) is 4.03. The third kappa shape index (κ3) is 4.52. The molecule has 0 spiro atoms. The van der Waals surface area contributed by atoms with Gasteiger partial charge in [0.1, 0.15) is 5.82 Å². The number of benzene rings is 3. The Morgan fingerprint density at radius 1 is 0.862 bits per heavy atom. The smallest absolute Gasteiger partial charge is 0.196 e. The summed E-state index contributed by atoms with van der Waals surface area (Å²) in [4.78, 5) is 0. The van der Waals surface area contributed by atoms with E-state index >= 15 is 0 Å². The molecular weight excluding hydrogens is 405 g/mol. The van der Waals surface area contributed by atoms with Crippen LogP contribution in [0.3, 0.4) is 0 Å². The normalized spacial score (nSPS) is 11.0.